The largest absolute Gasteiger partial charge is 0.478 e. The Morgan fingerprint density at radius 1 is 1.06 bits per heavy atom. The van der Waals surface area contributed by atoms with Crippen LogP contribution in [0.3, 0.4) is 0 Å². The zero-order valence-corrected chi connectivity index (χ0v) is 18.3. The summed E-state index contributed by atoms with van der Waals surface area (Å²) in [6, 6.07) is 16.9. The van der Waals surface area contributed by atoms with Crippen molar-refractivity contribution < 1.29 is 18.7 Å². The van der Waals surface area contributed by atoms with E-state index in [4.69, 9.17) is 16.7 Å². The maximum Gasteiger partial charge on any atom is 0.328 e. The van der Waals surface area contributed by atoms with Gasteiger partial charge in [-0.15, -0.1) is 0 Å². The van der Waals surface area contributed by atoms with Gasteiger partial charge < -0.3 is 5.11 Å². The van der Waals surface area contributed by atoms with Crippen LogP contribution >= 0.6 is 11.6 Å². The van der Waals surface area contributed by atoms with Crippen LogP contribution in [0.2, 0.25) is 5.02 Å². The Morgan fingerprint density at radius 3 is 2.45 bits per heavy atom. The van der Waals surface area contributed by atoms with Gasteiger partial charge in [0.25, 0.3) is 0 Å². The predicted molar refractivity (Wildman–Crippen MR) is 127 cm³/mol. The Kier molecular flexibility index (Phi) is 6.38. The fourth-order valence-corrected chi connectivity index (χ4v) is 4.10. The first-order valence-corrected chi connectivity index (χ1v) is 10.6. The van der Waals surface area contributed by atoms with Gasteiger partial charge in [-0.05, 0) is 70.2 Å². The lowest BCUT2D eigenvalue weighted by Gasteiger charge is -2.17. The first-order chi connectivity index (χ1) is 15.9. The molecule has 0 bridgehead atoms. The van der Waals surface area contributed by atoms with E-state index in [0.29, 0.717) is 22.9 Å². The summed E-state index contributed by atoms with van der Waals surface area (Å²) in [4.78, 5) is 10.8. The van der Waals surface area contributed by atoms with Gasteiger partial charge >= 0.3 is 5.97 Å². The van der Waals surface area contributed by atoms with Crippen molar-refractivity contribution in [2.24, 2.45) is 0 Å². The van der Waals surface area contributed by atoms with Crippen LogP contribution in [0.15, 0.2) is 66.7 Å². The smallest absolute Gasteiger partial charge is 0.328 e. The molecule has 33 heavy (non-hydrogen) atoms. The Labute approximate surface area is 193 Å². The van der Waals surface area contributed by atoms with Gasteiger partial charge in [-0.2, -0.15) is 9.49 Å². The summed E-state index contributed by atoms with van der Waals surface area (Å²) in [6.45, 7) is 1.97. The Balaban J connectivity index is 1.95. The SMILES string of the molecule is CCC(=C(c1ccc(/C=C/C(=O)O)cc1)c1ccc2n[nH]c(F)c2c1)c1ccc(F)cc1Cl. The molecular formula is C26H19ClF2N2O2. The molecule has 4 rings (SSSR count). The van der Waals surface area contributed by atoms with Crippen LogP contribution in [-0.2, 0) is 4.79 Å². The molecule has 4 nitrogen and oxygen atoms in total. The molecular weight excluding hydrogens is 446 g/mol. The minimum absolute atomic E-state index is 0.279. The number of fused-ring (bicyclic) bond motifs is 1. The lowest BCUT2D eigenvalue weighted by Crippen LogP contribution is -1.97. The Morgan fingerprint density at radius 2 is 1.79 bits per heavy atom. The average molecular weight is 465 g/mol. The lowest BCUT2D eigenvalue weighted by atomic mass is 9.87. The van der Waals surface area contributed by atoms with Crippen LogP contribution < -0.4 is 0 Å². The Bertz CT molecular complexity index is 1410. The molecule has 0 aliphatic rings. The fourth-order valence-electron chi connectivity index (χ4n) is 3.81. The summed E-state index contributed by atoms with van der Waals surface area (Å²) >= 11 is 6.41. The number of H-pyrrole nitrogens is 1. The van der Waals surface area contributed by atoms with Crippen LogP contribution in [-0.4, -0.2) is 21.3 Å². The number of nitrogens with one attached hydrogen (secondary N) is 1. The van der Waals surface area contributed by atoms with E-state index in [1.165, 1.54) is 18.2 Å². The van der Waals surface area contributed by atoms with Crippen molar-refractivity contribution in [2.75, 3.05) is 0 Å². The molecule has 3 aromatic carbocycles. The molecule has 0 unspecified atom stereocenters. The molecule has 7 heteroatoms. The standard InChI is InChI=1S/C26H19ClF2N2O2/c1-2-19(20-10-9-18(28)14-22(20)27)25(16-6-3-15(4-7-16)5-12-24(32)33)17-8-11-23-21(13-17)26(29)31-30-23/h3-14H,2H2,1H3,(H,30,31)(H,32,33)/b12-5+,25-19?. The van der Waals surface area contributed by atoms with E-state index >= 15 is 0 Å². The number of allylic oxidation sites excluding steroid dienone is 1. The summed E-state index contributed by atoms with van der Waals surface area (Å²) < 4.78 is 28.0. The third-order valence-corrected chi connectivity index (χ3v) is 5.64. The number of carboxylic acid groups (broad SMARTS) is 1. The maximum atomic E-state index is 14.3. The summed E-state index contributed by atoms with van der Waals surface area (Å²) in [5, 5.41) is 15.8. The van der Waals surface area contributed by atoms with Gasteiger partial charge in [-0.3, -0.25) is 5.10 Å². The number of aromatic amines is 1. The summed E-state index contributed by atoms with van der Waals surface area (Å²) in [5.74, 6) is -2.00. The van der Waals surface area contributed by atoms with Crippen LogP contribution in [0.5, 0.6) is 0 Å². The molecule has 2 N–H and O–H groups in total. The molecule has 166 valence electrons. The molecule has 0 amide bonds. The summed E-state index contributed by atoms with van der Waals surface area (Å²) in [5.41, 5.74) is 5.13. The third kappa shape index (κ3) is 4.71. The summed E-state index contributed by atoms with van der Waals surface area (Å²) in [6.07, 6.45) is 3.14. The molecule has 1 aromatic heterocycles. The van der Waals surface area contributed by atoms with Gasteiger partial charge in [-0.25, -0.2) is 9.18 Å². The number of halogens is 3. The molecule has 4 aromatic rings. The predicted octanol–water partition coefficient (Wildman–Crippen LogP) is 6.96. The number of aromatic nitrogens is 2. The van der Waals surface area contributed by atoms with E-state index in [1.54, 1.807) is 30.3 Å². The highest BCUT2D eigenvalue weighted by Crippen LogP contribution is 2.38. The summed E-state index contributed by atoms with van der Waals surface area (Å²) in [7, 11) is 0. The first kappa shape index (κ1) is 22.4. The number of rotatable bonds is 6. The second-order valence-electron chi connectivity index (χ2n) is 7.39. The van der Waals surface area contributed by atoms with E-state index in [1.807, 2.05) is 25.1 Å². The van der Waals surface area contributed by atoms with Gasteiger partial charge in [0.1, 0.15) is 5.82 Å². The molecule has 0 fully saturated rings. The molecule has 0 spiro atoms. The zero-order chi connectivity index (χ0) is 23.5. The molecule has 0 aliphatic heterocycles. The quantitative estimate of drug-likeness (QED) is 0.239. The van der Waals surface area contributed by atoms with E-state index in [0.717, 1.165) is 33.9 Å². The molecule has 0 aliphatic carbocycles. The molecule has 0 saturated carbocycles. The highest BCUT2D eigenvalue weighted by atomic mass is 35.5. The highest BCUT2D eigenvalue weighted by Gasteiger charge is 2.17. The second-order valence-corrected chi connectivity index (χ2v) is 7.80. The van der Waals surface area contributed by atoms with Crippen molar-refractivity contribution >= 4 is 45.7 Å². The van der Waals surface area contributed by atoms with E-state index in [9.17, 15) is 13.6 Å². The van der Waals surface area contributed by atoms with Gasteiger partial charge in [0.15, 0.2) is 0 Å². The molecule has 0 radical (unpaired) electrons. The topological polar surface area (TPSA) is 66.0 Å². The second kappa shape index (κ2) is 9.38. The van der Waals surface area contributed by atoms with Gasteiger partial charge in [-0.1, -0.05) is 54.9 Å². The van der Waals surface area contributed by atoms with Gasteiger partial charge in [0, 0.05) is 6.08 Å². The van der Waals surface area contributed by atoms with Crippen LogP contribution in [0.25, 0.3) is 28.1 Å². The minimum atomic E-state index is -1.03. The lowest BCUT2D eigenvalue weighted by molar-refractivity contribution is -0.131. The number of nitrogens with zero attached hydrogens (tertiary/aromatic N) is 1. The highest BCUT2D eigenvalue weighted by molar-refractivity contribution is 6.32. The average Bonchev–Trinajstić information content (AvgIpc) is 3.17. The van der Waals surface area contributed by atoms with E-state index < -0.39 is 17.7 Å². The monoisotopic (exact) mass is 464 g/mol. The Hall–Kier alpha value is -3.77. The van der Waals surface area contributed by atoms with Crippen LogP contribution in [0, 0.1) is 11.8 Å². The van der Waals surface area contributed by atoms with Crippen molar-refractivity contribution in [1.82, 2.24) is 10.2 Å². The van der Waals surface area contributed by atoms with E-state index in [2.05, 4.69) is 10.2 Å². The van der Waals surface area contributed by atoms with Gasteiger partial charge in [0.05, 0.1) is 15.9 Å². The number of carboxylic acids is 1. The van der Waals surface area contributed by atoms with Crippen molar-refractivity contribution in [3.05, 3.63) is 106 Å². The van der Waals surface area contributed by atoms with Crippen LogP contribution in [0.4, 0.5) is 8.78 Å². The normalized spacial score (nSPS) is 12.4. The van der Waals surface area contributed by atoms with Crippen molar-refractivity contribution in [3.63, 3.8) is 0 Å². The molecule has 0 saturated heterocycles. The number of hydrogen-bond donors (Lipinski definition) is 2. The van der Waals surface area contributed by atoms with Crippen LogP contribution in [0.1, 0.15) is 35.6 Å². The molecule has 0 atom stereocenters. The van der Waals surface area contributed by atoms with E-state index in [-0.39, 0.29) is 5.02 Å². The minimum Gasteiger partial charge on any atom is -0.478 e. The fraction of sp³-hybridized carbons (Fsp3) is 0.0769. The number of aliphatic carboxylic acids is 1. The van der Waals surface area contributed by atoms with Crippen molar-refractivity contribution in [3.8, 4) is 0 Å². The number of benzene rings is 3. The van der Waals surface area contributed by atoms with Gasteiger partial charge in [0.2, 0.25) is 5.95 Å². The van der Waals surface area contributed by atoms with Crippen molar-refractivity contribution in [2.45, 2.75) is 13.3 Å². The maximum absolute atomic E-state index is 14.3. The molecule has 1 heterocycles. The number of carbonyl (C=O) groups is 1. The zero-order valence-electron chi connectivity index (χ0n) is 17.6. The third-order valence-electron chi connectivity index (χ3n) is 5.33. The van der Waals surface area contributed by atoms with Crippen molar-refractivity contribution in [1.29, 1.82) is 0 Å². The number of hydrogen-bond acceptors (Lipinski definition) is 2. The first-order valence-electron chi connectivity index (χ1n) is 10.2.